The first kappa shape index (κ1) is 27.6. The van der Waals surface area contributed by atoms with E-state index in [1.807, 2.05) is 0 Å². The van der Waals surface area contributed by atoms with Gasteiger partial charge in [-0.05, 0) is 51.1 Å². The Morgan fingerprint density at radius 1 is 1.17 bits per heavy atom. The Labute approximate surface area is 189 Å². The van der Waals surface area contributed by atoms with Gasteiger partial charge in [-0.15, -0.1) is 11.6 Å². The van der Waals surface area contributed by atoms with Crippen molar-refractivity contribution in [1.82, 2.24) is 10.0 Å². The first-order chi connectivity index (χ1) is 14.5. The summed E-state index contributed by atoms with van der Waals surface area (Å²) in [5, 5.41) is 1.97. The van der Waals surface area contributed by atoms with Crippen molar-refractivity contribution in [1.29, 1.82) is 0 Å². The van der Waals surface area contributed by atoms with E-state index in [1.165, 1.54) is 6.20 Å². The third kappa shape index (κ3) is 13.1. The molecule has 2 aliphatic carbocycles. The second kappa shape index (κ2) is 17.2. The maximum Gasteiger partial charge on any atom is 0.249 e. The quantitative estimate of drug-likeness (QED) is 0.260. The van der Waals surface area contributed by atoms with Gasteiger partial charge in [-0.25, -0.2) is 8.78 Å². The van der Waals surface area contributed by atoms with Gasteiger partial charge in [-0.2, -0.15) is 0 Å². The van der Waals surface area contributed by atoms with Gasteiger partial charge in [0.05, 0.1) is 24.2 Å². The van der Waals surface area contributed by atoms with E-state index >= 15 is 0 Å². The van der Waals surface area contributed by atoms with Gasteiger partial charge in [0, 0.05) is 18.7 Å². The fraction of sp³-hybridized carbons (Fsp3) is 0.857. The second-order valence-corrected chi connectivity index (χ2v) is 9.08. The Morgan fingerprint density at radius 2 is 1.87 bits per heavy atom. The van der Waals surface area contributed by atoms with Crippen LogP contribution in [0.25, 0.3) is 0 Å². The largest absolute Gasteiger partial charge is 0.377 e. The molecule has 0 radical (unpaired) electrons. The molecule has 30 heavy (non-hydrogen) atoms. The maximum atomic E-state index is 13.2. The minimum absolute atomic E-state index is 0.0592. The first-order valence-electron chi connectivity index (χ1n) is 10.9. The monoisotopic (exact) mass is 470 g/mol. The SMILES string of the molecule is C=CNC(=O)COC1CCC(Cl)C(F)C1.CCCNSCCOC1CCC(F)CC1. The summed E-state index contributed by atoms with van der Waals surface area (Å²) in [5.41, 5.74) is 0. The molecule has 9 heteroatoms. The third-order valence-electron chi connectivity index (χ3n) is 4.95. The predicted molar refractivity (Wildman–Crippen MR) is 120 cm³/mol. The maximum absolute atomic E-state index is 13.2. The first-order valence-corrected chi connectivity index (χ1v) is 12.3. The summed E-state index contributed by atoms with van der Waals surface area (Å²) in [6.45, 7) is 7.28. The van der Waals surface area contributed by atoms with E-state index in [-0.39, 0.29) is 25.0 Å². The van der Waals surface area contributed by atoms with E-state index in [4.69, 9.17) is 21.1 Å². The van der Waals surface area contributed by atoms with Gasteiger partial charge in [-0.3, -0.25) is 9.52 Å². The highest BCUT2D eigenvalue weighted by Crippen LogP contribution is 2.27. The van der Waals surface area contributed by atoms with Crippen molar-refractivity contribution < 1.29 is 23.0 Å². The van der Waals surface area contributed by atoms with E-state index < -0.39 is 17.7 Å². The Morgan fingerprint density at radius 3 is 2.50 bits per heavy atom. The number of nitrogens with one attached hydrogen (secondary N) is 2. The van der Waals surface area contributed by atoms with Gasteiger partial charge in [-0.1, -0.05) is 25.5 Å². The van der Waals surface area contributed by atoms with E-state index in [0.29, 0.717) is 31.8 Å². The Balaban J connectivity index is 0.000000300. The molecule has 0 aromatic rings. The van der Waals surface area contributed by atoms with Gasteiger partial charge in [0.2, 0.25) is 5.91 Å². The molecule has 2 N–H and O–H groups in total. The molecule has 3 unspecified atom stereocenters. The molecule has 5 nitrogen and oxygen atoms in total. The molecule has 2 fully saturated rings. The van der Waals surface area contributed by atoms with Gasteiger partial charge < -0.3 is 14.8 Å². The summed E-state index contributed by atoms with van der Waals surface area (Å²) in [5.74, 6) is 0.712. The fourth-order valence-corrected chi connectivity index (χ4v) is 4.14. The Kier molecular flexibility index (Phi) is 15.8. The van der Waals surface area contributed by atoms with Gasteiger partial charge in [0.25, 0.3) is 0 Å². The number of hydrogen-bond donors (Lipinski definition) is 2. The molecule has 2 aliphatic rings. The molecule has 0 spiro atoms. The number of carbonyl (C=O) groups is 1. The number of carbonyl (C=O) groups excluding carboxylic acids is 1. The van der Waals surface area contributed by atoms with Crippen LogP contribution in [0.4, 0.5) is 8.78 Å². The molecule has 0 aromatic heterocycles. The summed E-state index contributed by atoms with van der Waals surface area (Å²) in [6, 6.07) is 0. The lowest BCUT2D eigenvalue weighted by molar-refractivity contribution is -0.127. The summed E-state index contributed by atoms with van der Waals surface area (Å²) in [6.07, 6.45) is 5.68. The van der Waals surface area contributed by atoms with Gasteiger partial charge in [0.15, 0.2) is 0 Å². The molecule has 2 saturated carbocycles. The zero-order valence-corrected chi connectivity index (χ0v) is 19.5. The average molecular weight is 471 g/mol. The third-order valence-corrected chi connectivity index (χ3v) is 6.23. The zero-order valence-electron chi connectivity index (χ0n) is 17.9. The highest BCUT2D eigenvalue weighted by Gasteiger charge is 2.29. The summed E-state index contributed by atoms with van der Waals surface area (Å²) < 4.78 is 40.2. The van der Waals surface area contributed by atoms with Crippen molar-refractivity contribution in [3.63, 3.8) is 0 Å². The van der Waals surface area contributed by atoms with Crippen molar-refractivity contribution in [2.75, 3.05) is 25.5 Å². The van der Waals surface area contributed by atoms with Crippen LogP contribution in [0.5, 0.6) is 0 Å². The summed E-state index contributed by atoms with van der Waals surface area (Å²) in [4.78, 5) is 11.0. The molecular weight excluding hydrogens is 434 g/mol. The van der Waals surface area contributed by atoms with Crippen LogP contribution >= 0.6 is 23.5 Å². The van der Waals surface area contributed by atoms with Gasteiger partial charge >= 0.3 is 0 Å². The van der Waals surface area contributed by atoms with Crippen LogP contribution in [-0.2, 0) is 14.3 Å². The highest BCUT2D eigenvalue weighted by molar-refractivity contribution is 7.97. The molecule has 176 valence electrons. The van der Waals surface area contributed by atoms with Crippen molar-refractivity contribution in [3.8, 4) is 0 Å². The van der Waals surface area contributed by atoms with Crippen LogP contribution in [0.2, 0.25) is 0 Å². The second-order valence-electron chi connectivity index (χ2n) is 7.54. The lowest BCUT2D eigenvalue weighted by atomic mass is 9.95. The van der Waals surface area contributed by atoms with E-state index in [2.05, 4.69) is 23.5 Å². The number of ether oxygens (including phenoxy) is 2. The zero-order chi connectivity index (χ0) is 22.2. The van der Waals surface area contributed by atoms with Crippen molar-refractivity contribution >= 4 is 29.5 Å². The average Bonchev–Trinajstić information content (AvgIpc) is 2.73. The molecule has 0 aliphatic heterocycles. The minimum atomic E-state index is -1.03. The predicted octanol–water partition coefficient (Wildman–Crippen LogP) is 4.69. The summed E-state index contributed by atoms with van der Waals surface area (Å²) in [7, 11) is 0. The van der Waals surface area contributed by atoms with Crippen LogP contribution < -0.4 is 10.0 Å². The van der Waals surface area contributed by atoms with Gasteiger partial charge in [0.1, 0.15) is 19.0 Å². The summed E-state index contributed by atoms with van der Waals surface area (Å²) >= 11 is 7.44. The van der Waals surface area contributed by atoms with E-state index in [1.54, 1.807) is 11.9 Å². The van der Waals surface area contributed by atoms with E-state index in [0.717, 1.165) is 38.2 Å². The number of alkyl halides is 3. The Hall–Kier alpha value is -0.410. The smallest absolute Gasteiger partial charge is 0.249 e. The number of amides is 1. The number of rotatable bonds is 11. The normalized spacial score (nSPS) is 28.9. The fourth-order valence-electron chi connectivity index (χ4n) is 3.23. The highest BCUT2D eigenvalue weighted by atomic mass is 35.5. The molecule has 3 atom stereocenters. The van der Waals surface area contributed by atoms with Crippen LogP contribution in [0.1, 0.15) is 58.3 Å². The standard InChI is InChI=1S/C11H22FNOS.C10H15ClFNO2/c1-2-7-13-15-9-8-14-11-5-3-10(12)4-6-11;1-2-13-10(14)6-15-7-3-4-8(11)9(12)5-7/h10-11,13H,2-9H2,1H3;2,7-9H,1,3-6H2,(H,13,14). The van der Waals surface area contributed by atoms with Crippen LogP contribution in [0.15, 0.2) is 12.8 Å². The number of hydrogen-bond acceptors (Lipinski definition) is 5. The number of halogens is 3. The van der Waals surface area contributed by atoms with Crippen LogP contribution in [-0.4, -0.2) is 61.3 Å². The lowest BCUT2D eigenvalue weighted by Crippen LogP contribution is -2.34. The molecular formula is C21H37ClF2N2O3S. The molecule has 0 aromatic carbocycles. The molecule has 2 rings (SSSR count). The van der Waals surface area contributed by atoms with Crippen LogP contribution in [0.3, 0.4) is 0 Å². The van der Waals surface area contributed by atoms with Crippen molar-refractivity contribution in [2.45, 2.75) is 88.2 Å². The van der Waals surface area contributed by atoms with E-state index in [9.17, 15) is 13.6 Å². The molecule has 0 heterocycles. The van der Waals surface area contributed by atoms with Crippen LogP contribution in [0, 0.1) is 0 Å². The Bertz CT molecular complexity index is 472. The lowest BCUT2D eigenvalue weighted by Gasteiger charge is -2.27. The molecule has 0 bridgehead atoms. The van der Waals surface area contributed by atoms with Crippen molar-refractivity contribution in [3.05, 3.63) is 12.8 Å². The molecule has 0 saturated heterocycles. The molecule has 1 amide bonds. The minimum Gasteiger partial charge on any atom is -0.377 e. The topological polar surface area (TPSA) is 59.6 Å². The van der Waals surface area contributed by atoms with Crippen molar-refractivity contribution in [2.24, 2.45) is 0 Å².